The Kier molecular flexibility index (Phi) is 5.47. The molecule has 0 amide bonds. The average molecular weight is 280 g/mol. The van der Waals surface area contributed by atoms with E-state index < -0.39 is 0 Å². The standard InChI is InChI=1S/C14H20N2S2/c15-14(17)13(12-5-2-1-3-6-12)11-16-7-4-9-18-10-8-16/h1-3,5-6,13H,4,7-11H2,(H2,15,17). The quantitative estimate of drug-likeness (QED) is 0.858. The van der Waals surface area contributed by atoms with Gasteiger partial charge in [-0.2, -0.15) is 11.8 Å². The number of benzene rings is 1. The molecule has 0 aromatic heterocycles. The summed E-state index contributed by atoms with van der Waals surface area (Å²) in [5.74, 6) is 2.68. The van der Waals surface area contributed by atoms with Crippen molar-refractivity contribution in [1.29, 1.82) is 0 Å². The fourth-order valence-electron chi connectivity index (χ4n) is 2.28. The Labute approximate surface area is 119 Å². The Morgan fingerprint density at radius 2 is 2.06 bits per heavy atom. The van der Waals surface area contributed by atoms with Crippen molar-refractivity contribution in [3.8, 4) is 0 Å². The molecule has 1 heterocycles. The van der Waals surface area contributed by atoms with E-state index in [2.05, 4.69) is 29.2 Å². The Balaban J connectivity index is 2.04. The molecule has 2 rings (SSSR count). The Morgan fingerprint density at radius 1 is 1.28 bits per heavy atom. The number of hydrogen-bond acceptors (Lipinski definition) is 3. The smallest absolute Gasteiger partial charge is 0.0816 e. The summed E-state index contributed by atoms with van der Waals surface area (Å²) in [4.78, 5) is 3.11. The van der Waals surface area contributed by atoms with Crippen LogP contribution in [0.4, 0.5) is 0 Å². The second kappa shape index (κ2) is 7.12. The number of thiocarbonyl (C=S) groups is 1. The molecule has 98 valence electrons. The summed E-state index contributed by atoms with van der Waals surface area (Å²) in [6.07, 6.45) is 1.27. The maximum Gasteiger partial charge on any atom is 0.0816 e. The van der Waals surface area contributed by atoms with Crippen molar-refractivity contribution in [1.82, 2.24) is 4.90 Å². The van der Waals surface area contributed by atoms with Gasteiger partial charge in [-0.25, -0.2) is 0 Å². The lowest BCUT2D eigenvalue weighted by Crippen LogP contribution is -2.35. The van der Waals surface area contributed by atoms with Crippen LogP contribution in [-0.2, 0) is 0 Å². The van der Waals surface area contributed by atoms with E-state index >= 15 is 0 Å². The van der Waals surface area contributed by atoms with Gasteiger partial charge in [0.2, 0.25) is 0 Å². The number of thioether (sulfide) groups is 1. The lowest BCUT2D eigenvalue weighted by atomic mass is 9.98. The van der Waals surface area contributed by atoms with Gasteiger partial charge in [0.1, 0.15) is 0 Å². The van der Waals surface area contributed by atoms with Crippen LogP contribution in [0.1, 0.15) is 17.9 Å². The lowest BCUT2D eigenvalue weighted by Gasteiger charge is -2.25. The van der Waals surface area contributed by atoms with E-state index in [1.54, 1.807) is 0 Å². The number of hydrogen-bond donors (Lipinski definition) is 1. The second-order valence-corrected chi connectivity index (χ2v) is 6.33. The maximum atomic E-state index is 5.92. The van der Waals surface area contributed by atoms with Gasteiger partial charge in [-0.1, -0.05) is 42.5 Å². The van der Waals surface area contributed by atoms with E-state index in [0.717, 1.165) is 13.1 Å². The summed E-state index contributed by atoms with van der Waals surface area (Å²) in [6.45, 7) is 3.27. The molecule has 1 aromatic rings. The highest BCUT2D eigenvalue weighted by atomic mass is 32.2. The molecule has 1 saturated heterocycles. The van der Waals surface area contributed by atoms with Crippen LogP contribution >= 0.6 is 24.0 Å². The SMILES string of the molecule is NC(=S)C(CN1CCCSCC1)c1ccccc1. The van der Waals surface area contributed by atoms with Crippen LogP contribution in [0.3, 0.4) is 0 Å². The zero-order chi connectivity index (χ0) is 12.8. The molecule has 1 unspecified atom stereocenters. The highest BCUT2D eigenvalue weighted by molar-refractivity contribution is 7.99. The van der Waals surface area contributed by atoms with Gasteiger partial charge >= 0.3 is 0 Å². The molecule has 4 heteroatoms. The van der Waals surface area contributed by atoms with Crippen LogP contribution in [0.15, 0.2) is 30.3 Å². The topological polar surface area (TPSA) is 29.3 Å². The summed E-state index contributed by atoms with van der Waals surface area (Å²) < 4.78 is 0. The van der Waals surface area contributed by atoms with Gasteiger partial charge in [0, 0.05) is 24.8 Å². The lowest BCUT2D eigenvalue weighted by molar-refractivity contribution is 0.293. The maximum absolute atomic E-state index is 5.92. The summed E-state index contributed by atoms with van der Waals surface area (Å²) in [6, 6.07) is 10.4. The second-order valence-electron chi connectivity index (χ2n) is 4.63. The van der Waals surface area contributed by atoms with E-state index in [4.69, 9.17) is 18.0 Å². The molecule has 1 fully saturated rings. The molecule has 0 saturated carbocycles. The first-order valence-corrected chi connectivity index (χ1v) is 7.98. The largest absolute Gasteiger partial charge is 0.393 e. The zero-order valence-corrected chi connectivity index (χ0v) is 12.2. The third-order valence-electron chi connectivity index (χ3n) is 3.30. The van der Waals surface area contributed by atoms with Crippen molar-refractivity contribution >= 4 is 29.0 Å². The highest BCUT2D eigenvalue weighted by Gasteiger charge is 2.19. The number of rotatable bonds is 4. The van der Waals surface area contributed by atoms with Crippen molar-refractivity contribution in [2.75, 3.05) is 31.1 Å². The van der Waals surface area contributed by atoms with E-state index in [-0.39, 0.29) is 5.92 Å². The predicted octanol–water partition coefficient (Wildman–Crippen LogP) is 2.50. The van der Waals surface area contributed by atoms with Crippen LogP contribution in [0.2, 0.25) is 0 Å². The molecule has 1 aliphatic rings. The van der Waals surface area contributed by atoms with Crippen LogP contribution in [0.5, 0.6) is 0 Å². The van der Waals surface area contributed by atoms with Gasteiger partial charge in [-0.15, -0.1) is 0 Å². The van der Waals surface area contributed by atoms with Crippen LogP contribution in [0.25, 0.3) is 0 Å². The van der Waals surface area contributed by atoms with E-state index in [9.17, 15) is 0 Å². The Morgan fingerprint density at radius 3 is 2.78 bits per heavy atom. The minimum absolute atomic E-state index is 0.185. The van der Waals surface area contributed by atoms with Crippen LogP contribution in [-0.4, -0.2) is 41.0 Å². The summed E-state index contributed by atoms with van der Waals surface area (Å²) in [5.41, 5.74) is 7.16. The minimum atomic E-state index is 0.185. The molecule has 2 N–H and O–H groups in total. The molecule has 0 aliphatic carbocycles. The molecular weight excluding hydrogens is 260 g/mol. The highest BCUT2D eigenvalue weighted by Crippen LogP contribution is 2.19. The van der Waals surface area contributed by atoms with Gasteiger partial charge in [0.05, 0.1) is 4.99 Å². The molecule has 0 spiro atoms. The monoisotopic (exact) mass is 280 g/mol. The molecule has 0 bridgehead atoms. The van der Waals surface area contributed by atoms with E-state index in [0.29, 0.717) is 4.99 Å². The molecule has 2 nitrogen and oxygen atoms in total. The van der Waals surface area contributed by atoms with Gasteiger partial charge in [-0.3, -0.25) is 0 Å². The van der Waals surface area contributed by atoms with Gasteiger partial charge in [0.25, 0.3) is 0 Å². The molecule has 1 aliphatic heterocycles. The molecular formula is C14H20N2S2. The van der Waals surface area contributed by atoms with Crippen molar-refractivity contribution in [2.24, 2.45) is 5.73 Å². The normalized spacial score (nSPS) is 19.1. The number of nitrogens with two attached hydrogens (primary N) is 1. The predicted molar refractivity (Wildman–Crippen MR) is 84.4 cm³/mol. The van der Waals surface area contributed by atoms with Gasteiger partial charge in [0.15, 0.2) is 0 Å². The van der Waals surface area contributed by atoms with Crippen LogP contribution in [0, 0.1) is 0 Å². The fourth-order valence-corrected chi connectivity index (χ4v) is 3.42. The van der Waals surface area contributed by atoms with Crippen LogP contribution < -0.4 is 5.73 Å². The van der Waals surface area contributed by atoms with E-state index in [1.165, 1.54) is 30.0 Å². The first kappa shape index (κ1) is 13.8. The van der Waals surface area contributed by atoms with Crippen molar-refractivity contribution < 1.29 is 0 Å². The summed E-state index contributed by atoms with van der Waals surface area (Å²) in [5, 5.41) is 0. The third kappa shape index (κ3) is 3.97. The van der Waals surface area contributed by atoms with Gasteiger partial charge < -0.3 is 10.6 Å². The van der Waals surface area contributed by atoms with E-state index in [1.807, 2.05) is 17.8 Å². The average Bonchev–Trinajstić information content (AvgIpc) is 2.65. The van der Waals surface area contributed by atoms with Crippen molar-refractivity contribution in [2.45, 2.75) is 12.3 Å². The minimum Gasteiger partial charge on any atom is -0.393 e. The first-order chi connectivity index (χ1) is 8.77. The molecule has 0 radical (unpaired) electrons. The Hall–Kier alpha value is -0.580. The molecule has 18 heavy (non-hydrogen) atoms. The van der Waals surface area contributed by atoms with Gasteiger partial charge in [-0.05, 0) is 24.3 Å². The van der Waals surface area contributed by atoms with Crippen molar-refractivity contribution in [3.05, 3.63) is 35.9 Å². The zero-order valence-electron chi connectivity index (χ0n) is 10.5. The first-order valence-electron chi connectivity index (χ1n) is 6.42. The summed E-state index contributed by atoms with van der Waals surface area (Å²) in [7, 11) is 0. The Bertz CT molecular complexity index is 373. The molecule has 1 aromatic carbocycles. The fraction of sp³-hybridized carbons (Fsp3) is 0.500. The summed E-state index contributed by atoms with van der Waals surface area (Å²) >= 11 is 7.29. The molecule has 1 atom stereocenters. The third-order valence-corrected chi connectivity index (χ3v) is 4.63. The number of nitrogens with zero attached hydrogens (tertiary/aromatic N) is 1. The van der Waals surface area contributed by atoms with Crippen molar-refractivity contribution in [3.63, 3.8) is 0 Å².